The summed E-state index contributed by atoms with van der Waals surface area (Å²) in [6.07, 6.45) is 6.76. The first kappa shape index (κ1) is 23.2. The molecule has 0 radical (unpaired) electrons. The average Bonchev–Trinajstić information content (AvgIpc) is 2.94. The molecule has 0 aromatic heterocycles. The number of unbranched alkanes of at least 4 members (excludes halogenated alkanes) is 1. The van der Waals surface area contributed by atoms with Gasteiger partial charge < -0.3 is 15.9 Å². The van der Waals surface area contributed by atoms with E-state index in [4.69, 9.17) is 5.73 Å². The second-order valence-electron chi connectivity index (χ2n) is 7.78. The van der Waals surface area contributed by atoms with Crippen molar-refractivity contribution in [2.24, 2.45) is 17.6 Å². The van der Waals surface area contributed by atoms with Crippen LogP contribution in [-0.2, 0) is 11.2 Å². The predicted molar refractivity (Wildman–Crippen MR) is 109 cm³/mol. The number of allylic oxidation sites excluding steroid dienone is 3. The summed E-state index contributed by atoms with van der Waals surface area (Å²) in [6.45, 7) is 0. The van der Waals surface area contributed by atoms with Crippen molar-refractivity contribution in [3.63, 3.8) is 0 Å². The number of primary amides is 1. The van der Waals surface area contributed by atoms with Crippen LogP contribution in [0.15, 0.2) is 54.6 Å². The molecule has 0 heterocycles. The van der Waals surface area contributed by atoms with Crippen LogP contribution in [0.4, 0.5) is 8.78 Å². The van der Waals surface area contributed by atoms with Crippen molar-refractivity contribution < 1.29 is 23.8 Å². The number of rotatable bonds is 11. The van der Waals surface area contributed by atoms with Crippen molar-refractivity contribution in [1.29, 1.82) is 0 Å². The van der Waals surface area contributed by atoms with Crippen molar-refractivity contribution >= 4 is 5.91 Å². The summed E-state index contributed by atoms with van der Waals surface area (Å²) < 4.78 is 28.6. The maximum atomic E-state index is 14.3. The average molecular weight is 408 g/mol. The minimum absolute atomic E-state index is 0.185. The number of hydrogen-bond acceptors (Lipinski definition) is 3. The van der Waals surface area contributed by atoms with Gasteiger partial charge in [0.25, 0.3) is 5.92 Å². The SMILES string of the molecule is NC(=O)CCC/C=C/C[C@H]1C(O)CC(O)[C@@H]1/C=C/C(F)(F)CCc1ccccc1. The Morgan fingerprint density at radius 1 is 1.17 bits per heavy atom. The zero-order chi connectivity index (χ0) is 21.3. The maximum absolute atomic E-state index is 14.3. The first-order chi connectivity index (χ1) is 13.8. The molecule has 29 heavy (non-hydrogen) atoms. The Kier molecular flexibility index (Phi) is 8.99. The second kappa shape index (κ2) is 11.2. The molecule has 2 unspecified atom stereocenters. The third kappa shape index (κ3) is 8.07. The van der Waals surface area contributed by atoms with E-state index in [1.807, 2.05) is 42.5 Å². The van der Waals surface area contributed by atoms with Gasteiger partial charge in [0, 0.05) is 25.2 Å². The molecule has 0 saturated heterocycles. The first-order valence-corrected chi connectivity index (χ1v) is 10.2. The second-order valence-corrected chi connectivity index (χ2v) is 7.78. The molecule has 1 amide bonds. The minimum Gasteiger partial charge on any atom is -0.393 e. The van der Waals surface area contributed by atoms with Gasteiger partial charge in [-0.25, -0.2) is 8.78 Å². The van der Waals surface area contributed by atoms with Crippen LogP contribution in [0.25, 0.3) is 0 Å². The number of hydrogen-bond donors (Lipinski definition) is 3. The Hall–Kier alpha value is -2.05. The summed E-state index contributed by atoms with van der Waals surface area (Å²) in [4.78, 5) is 10.7. The van der Waals surface area contributed by atoms with Gasteiger partial charge in [0.1, 0.15) is 0 Å². The van der Waals surface area contributed by atoms with Crippen LogP contribution in [0.3, 0.4) is 0 Å². The molecule has 4 N–H and O–H groups in total. The molecule has 160 valence electrons. The van der Waals surface area contributed by atoms with Crippen LogP contribution >= 0.6 is 0 Å². The van der Waals surface area contributed by atoms with Gasteiger partial charge >= 0.3 is 0 Å². The van der Waals surface area contributed by atoms with Crippen LogP contribution in [0.5, 0.6) is 0 Å². The van der Waals surface area contributed by atoms with Crippen LogP contribution in [-0.4, -0.2) is 34.3 Å². The largest absolute Gasteiger partial charge is 0.393 e. The molecular weight excluding hydrogens is 376 g/mol. The molecule has 1 aromatic rings. The fourth-order valence-electron chi connectivity index (χ4n) is 3.76. The predicted octanol–water partition coefficient (Wildman–Crippen LogP) is 3.77. The molecule has 4 atom stereocenters. The topological polar surface area (TPSA) is 83.6 Å². The van der Waals surface area contributed by atoms with Gasteiger partial charge in [-0.05, 0) is 43.2 Å². The molecule has 2 rings (SSSR count). The smallest absolute Gasteiger partial charge is 0.266 e. The third-order valence-corrected chi connectivity index (χ3v) is 5.44. The lowest BCUT2D eigenvalue weighted by Crippen LogP contribution is -2.21. The number of halogens is 2. The van der Waals surface area contributed by atoms with E-state index in [9.17, 15) is 23.8 Å². The highest BCUT2D eigenvalue weighted by Gasteiger charge is 2.40. The number of aryl methyl sites for hydroxylation is 1. The molecule has 6 heteroatoms. The van der Waals surface area contributed by atoms with Gasteiger partial charge in [0.05, 0.1) is 12.2 Å². The normalized spacial score (nSPS) is 25.2. The first-order valence-electron chi connectivity index (χ1n) is 10.2. The van der Waals surface area contributed by atoms with E-state index in [1.54, 1.807) is 0 Å². The van der Waals surface area contributed by atoms with Crippen molar-refractivity contribution in [3.8, 4) is 0 Å². The monoisotopic (exact) mass is 407 g/mol. The van der Waals surface area contributed by atoms with Crippen LogP contribution in [0, 0.1) is 11.8 Å². The van der Waals surface area contributed by atoms with Crippen molar-refractivity contribution in [1.82, 2.24) is 0 Å². The van der Waals surface area contributed by atoms with Gasteiger partial charge in [-0.15, -0.1) is 0 Å². The maximum Gasteiger partial charge on any atom is 0.266 e. The number of carbonyl (C=O) groups is 1. The highest BCUT2D eigenvalue weighted by Crippen LogP contribution is 2.37. The van der Waals surface area contributed by atoms with Gasteiger partial charge in [0.15, 0.2) is 0 Å². The Labute approximate surface area is 171 Å². The summed E-state index contributed by atoms with van der Waals surface area (Å²) in [7, 11) is 0. The quantitative estimate of drug-likeness (QED) is 0.386. The van der Waals surface area contributed by atoms with E-state index in [2.05, 4.69) is 0 Å². The van der Waals surface area contributed by atoms with Crippen LogP contribution in [0.2, 0.25) is 0 Å². The number of alkyl halides is 2. The van der Waals surface area contributed by atoms with Crippen LogP contribution < -0.4 is 5.73 Å². The van der Waals surface area contributed by atoms with Gasteiger partial charge in [-0.3, -0.25) is 4.79 Å². The fourth-order valence-corrected chi connectivity index (χ4v) is 3.76. The van der Waals surface area contributed by atoms with E-state index >= 15 is 0 Å². The molecule has 1 saturated carbocycles. The minimum atomic E-state index is -2.97. The highest BCUT2D eigenvalue weighted by atomic mass is 19.3. The number of aliphatic hydroxyl groups excluding tert-OH is 2. The Balaban J connectivity index is 1.89. The summed E-state index contributed by atoms with van der Waals surface area (Å²) in [5.41, 5.74) is 5.95. The van der Waals surface area contributed by atoms with Crippen molar-refractivity contribution in [2.45, 2.75) is 63.1 Å². The lowest BCUT2D eigenvalue weighted by Gasteiger charge is -2.20. The summed E-state index contributed by atoms with van der Waals surface area (Å²) in [6, 6.07) is 9.14. The van der Waals surface area contributed by atoms with Crippen molar-refractivity contribution in [3.05, 3.63) is 60.2 Å². The number of amides is 1. The molecule has 1 aromatic carbocycles. The molecule has 0 bridgehead atoms. The number of benzene rings is 1. The zero-order valence-electron chi connectivity index (χ0n) is 16.6. The van der Waals surface area contributed by atoms with Gasteiger partial charge in [-0.1, -0.05) is 48.6 Å². The van der Waals surface area contributed by atoms with E-state index in [1.165, 1.54) is 6.08 Å². The lowest BCUT2D eigenvalue weighted by atomic mass is 9.89. The Morgan fingerprint density at radius 2 is 1.90 bits per heavy atom. The standard InChI is InChI=1S/C23H31F2NO3/c24-23(25,14-12-17-8-4-3-5-9-17)15-13-19-18(20(27)16-21(19)28)10-6-1-2-7-11-22(26)29/h1,3-6,8-9,13,15,18-21,27-28H,2,7,10-12,14,16H2,(H2,26,29)/b6-1+,15-13+/t18-,19-,20?,21?/m1/s1. The van der Waals surface area contributed by atoms with Crippen LogP contribution in [0.1, 0.15) is 44.1 Å². The number of carbonyl (C=O) groups excluding carboxylic acids is 1. The molecule has 1 fully saturated rings. The number of aliphatic hydroxyl groups is 2. The van der Waals surface area contributed by atoms with Gasteiger partial charge in [0.2, 0.25) is 5.91 Å². The van der Waals surface area contributed by atoms with E-state index < -0.39 is 24.0 Å². The Morgan fingerprint density at radius 3 is 2.59 bits per heavy atom. The molecule has 1 aliphatic carbocycles. The highest BCUT2D eigenvalue weighted by molar-refractivity contribution is 5.73. The molecular formula is C23H31F2NO3. The lowest BCUT2D eigenvalue weighted by molar-refractivity contribution is -0.118. The van der Waals surface area contributed by atoms with E-state index in [-0.39, 0.29) is 31.1 Å². The van der Waals surface area contributed by atoms with E-state index in [0.29, 0.717) is 25.7 Å². The molecule has 1 aliphatic rings. The molecule has 4 nitrogen and oxygen atoms in total. The Bertz CT molecular complexity index is 691. The molecule has 0 aliphatic heterocycles. The molecule has 0 spiro atoms. The van der Waals surface area contributed by atoms with Gasteiger partial charge in [-0.2, -0.15) is 0 Å². The fraction of sp³-hybridized carbons (Fsp3) is 0.522. The zero-order valence-corrected chi connectivity index (χ0v) is 16.6. The van der Waals surface area contributed by atoms with E-state index in [0.717, 1.165) is 11.6 Å². The summed E-state index contributed by atoms with van der Waals surface area (Å²) in [5.74, 6) is -4.13. The third-order valence-electron chi connectivity index (χ3n) is 5.44. The summed E-state index contributed by atoms with van der Waals surface area (Å²) in [5, 5.41) is 20.4. The summed E-state index contributed by atoms with van der Waals surface area (Å²) >= 11 is 0. The van der Waals surface area contributed by atoms with Crippen molar-refractivity contribution in [2.75, 3.05) is 0 Å². The number of nitrogens with two attached hydrogens (primary N) is 1.